The van der Waals surface area contributed by atoms with Gasteiger partial charge in [-0.05, 0) is 23.3 Å². The largest absolute Gasteiger partial charge is 0.370 e. The van der Waals surface area contributed by atoms with Crippen LogP contribution in [0.2, 0.25) is 0 Å². The predicted octanol–water partition coefficient (Wildman–Crippen LogP) is 0.400. The minimum Gasteiger partial charge on any atom is -0.370 e. The Balaban J connectivity index is 1.85. The van der Waals surface area contributed by atoms with E-state index in [0.717, 1.165) is 32.1 Å². The summed E-state index contributed by atoms with van der Waals surface area (Å²) in [5.74, 6) is 1.62. The lowest BCUT2D eigenvalue weighted by molar-refractivity contribution is -0.943. The van der Waals surface area contributed by atoms with Crippen LogP contribution >= 0.6 is 0 Å². The van der Waals surface area contributed by atoms with E-state index in [0.29, 0.717) is 18.0 Å². The maximum Gasteiger partial charge on any atom is 0.209 e. The van der Waals surface area contributed by atoms with Crippen LogP contribution < -0.4 is 4.90 Å². The van der Waals surface area contributed by atoms with E-state index in [1.807, 2.05) is 0 Å². The standard InChI is InChI=1S/C14H25N5O/c1-11(2)13(18-7-9-20-10-8-18)14-15-16-17-19(14)12-5-3-4-6-12/h11-13H,3-10H2,1-2H3/p+1/t13-/m1/s1. The minimum atomic E-state index is 0.384. The first kappa shape index (κ1) is 13.9. The minimum absolute atomic E-state index is 0.384. The Kier molecular flexibility index (Phi) is 4.31. The summed E-state index contributed by atoms with van der Waals surface area (Å²) in [4.78, 5) is 1.57. The highest BCUT2D eigenvalue weighted by Crippen LogP contribution is 2.31. The smallest absolute Gasteiger partial charge is 0.209 e. The Morgan fingerprint density at radius 1 is 1.20 bits per heavy atom. The molecule has 1 aromatic rings. The van der Waals surface area contributed by atoms with Gasteiger partial charge in [0.15, 0.2) is 6.04 Å². The van der Waals surface area contributed by atoms with Gasteiger partial charge in [0.05, 0.1) is 19.3 Å². The SMILES string of the molecule is CC(C)[C@H](c1nnnn1C1CCCC1)[NH+]1CCOCC1. The van der Waals surface area contributed by atoms with Crippen LogP contribution in [0, 0.1) is 5.92 Å². The molecular weight excluding hydrogens is 254 g/mol. The summed E-state index contributed by atoms with van der Waals surface area (Å²) in [7, 11) is 0. The summed E-state index contributed by atoms with van der Waals surface area (Å²) in [6.07, 6.45) is 5.06. The number of nitrogens with zero attached hydrogens (tertiary/aromatic N) is 4. The molecule has 3 rings (SSSR count). The topological polar surface area (TPSA) is 57.3 Å². The van der Waals surface area contributed by atoms with Gasteiger partial charge in [0.1, 0.15) is 13.1 Å². The lowest BCUT2D eigenvalue weighted by atomic mass is 10.0. The molecule has 0 radical (unpaired) electrons. The highest BCUT2D eigenvalue weighted by atomic mass is 16.5. The lowest BCUT2D eigenvalue weighted by Gasteiger charge is -2.33. The summed E-state index contributed by atoms with van der Waals surface area (Å²) in [5.41, 5.74) is 0. The number of aromatic nitrogens is 4. The third-order valence-corrected chi connectivity index (χ3v) is 4.71. The van der Waals surface area contributed by atoms with Gasteiger partial charge < -0.3 is 9.64 Å². The number of rotatable bonds is 4. The first-order chi connectivity index (χ1) is 9.77. The van der Waals surface area contributed by atoms with E-state index in [9.17, 15) is 0 Å². The van der Waals surface area contributed by atoms with Crippen molar-refractivity contribution in [3.05, 3.63) is 5.82 Å². The molecule has 2 fully saturated rings. The molecule has 20 heavy (non-hydrogen) atoms. The van der Waals surface area contributed by atoms with Crippen molar-refractivity contribution in [2.75, 3.05) is 26.3 Å². The van der Waals surface area contributed by atoms with Crippen LogP contribution in [0.5, 0.6) is 0 Å². The number of hydrogen-bond acceptors (Lipinski definition) is 4. The van der Waals surface area contributed by atoms with Crippen molar-refractivity contribution in [3.63, 3.8) is 0 Å². The van der Waals surface area contributed by atoms with Gasteiger partial charge in [-0.15, -0.1) is 5.10 Å². The molecule has 0 amide bonds. The fourth-order valence-electron chi connectivity index (χ4n) is 3.71. The molecule has 2 heterocycles. The molecule has 1 aliphatic carbocycles. The van der Waals surface area contributed by atoms with Crippen molar-refractivity contribution in [2.45, 2.75) is 51.6 Å². The molecule has 1 aliphatic heterocycles. The van der Waals surface area contributed by atoms with Crippen LogP contribution in [0.4, 0.5) is 0 Å². The molecule has 6 nitrogen and oxygen atoms in total. The highest BCUT2D eigenvalue weighted by Gasteiger charge is 2.35. The van der Waals surface area contributed by atoms with Gasteiger partial charge in [-0.2, -0.15) is 0 Å². The van der Waals surface area contributed by atoms with E-state index >= 15 is 0 Å². The molecule has 1 saturated carbocycles. The van der Waals surface area contributed by atoms with Crippen molar-refractivity contribution >= 4 is 0 Å². The van der Waals surface area contributed by atoms with E-state index in [1.165, 1.54) is 25.7 Å². The molecule has 1 saturated heterocycles. The van der Waals surface area contributed by atoms with Crippen LogP contribution in [0.25, 0.3) is 0 Å². The van der Waals surface area contributed by atoms with Crippen LogP contribution in [0.3, 0.4) is 0 Å². The Morgan fingerprint density at radius 3 is 2.55 bits per heavy atom. The molecule has 1 N–H and O–H groups in total. The monoisotopic (exact) mass is 280 g/mol. The zero-order valence-corrected chi connectivity index (χ0v) is 12.6. The van der Waals surface area contributed by atoms with Gasteiger partial charge in [0.2, 0.25) is 5.82 Å². The van der Waals surface area contributed by atoms with E-state index < -0.39 is 0 Å². The quantitative estimate of drug-likeness (QED) is 0.867. The molecule has 0 bridgehead atoms. The maximum atomic E-state index is 5.50. The normalized spacial score (nSPS) is 23.6. The molecule has 1 atom stereocenters. The Bertz CT molecular complexity index is 421. The molecule has 0 aromatic carbocycles. The van der Waals surface area contributed by atoms with Crippen LogP contribution in [-0.4, -0.2) is 46.5 Å². The fraction of sp³-hybridized carbons (Fsp3) is 0.929. The van der Waals surface area contributed by atoms with Crippen molar-refractivity contribution in [1.29, 1.82) is 0 Å². The number of nitrogens with one attached hydrogen (secondary N) is 1. The fourth-order valence-corrected chi connectivity index (χ4v) is 3.71. The van der Waals surface area contributed by atoms with Gasteiger partial charge in [-0.3, -0.25) is 0 Å². The Morgan fingerprint density at radius 2 is 1.90 bits per heavy atom. The second kappa shape index (κ2) is 6.18. The van der Waals surface area contributed by atoms with Crippen molar-refractivity contribution in [2.24, 2.45) is 5.92 Å². The van der Waals surface area contributed by atoms with Crippen molar-refractivity contribution in [3.8, 4) is 0 Å². The zero-order valence-electron chi connectivity index (χ0n) is 12.6. The Labute approximate surface area is 120 Å². The van der Waals surface area contributed by atoms with E-state index in [2.05, 4.69) is 34.1 Å². The van der Waals surface area contributed by atoms with E-state index in [1.54, 1.807) is 4.90 Å². The number of morpholine rings is 1. The molecule has 0 unspecified atom stereocenters. The maximum absolute atomic E-state index is 5.50. The predicted molar refractivity (Wildman–Crippen MR) is 74.4 cm³/mol. The molecule has 6 heteroatoms. The van der Waals surface area contributed by atoms with Crippen LogP contribution in [0.15, 0.2) is 0 Å². The third-order valence-electron chi connectivity index (χ3n) is 4.71. The molecule has 1 aromatic heterocycles. The zero-order chi connectivity index (χ0) is 13.9. The molecular formula is C14H26N5O+. The van der Waals surface area contributed by atoms with Gasteiger partial charge in [0, 0.05) is 5.92 Å². The lowest BCUT2D eigenvalue weighted by Crippen LogP contribution is -3.15. The number of tetrazole rings is 1. The molecule has 0 spiro atoms. The van der Waals surface area contributed by atoms with Crippen molar-refractivity contribution < 1.29 is 9.64 Å². The van der Waals surface area contributed by atoms with Crippen molar-refractivity contribution in [1.82, 2.24) is 20.2 Å². The van der Waals surface area contributed by atoms with Gasteiger partial charge in [0.25, 0.3) is 0 Å². The van der Waals surface area contributed by atoms with E-state index in [-0.39, 0.29) is 0 Å². The second-order valence-corrected chi connectivity index (χ2v) is 6.41. The van der Waals surface area contributed by atoms with Gasteiger partial charge in [-0.25, -0.2) is 4.68 Å². The summed E-state index contributed by atoms with van der Waals surface area (Å²) in [5, 5.41) is 12.7. The third kappa shape index (κ3) is 2.72. The summed E-state index contributed by atoms with van der Waals surface area (Å²) < 4.78 is 7.62. The number of quaternary nitrogens is 1. The first-order valence-corrected chi connectivity index (χ1v) is 7.97. The summed E-state index contributed by atoms with van der Waals surface area (Å²) in [6.45, 7) is 8.37. The number of ether oxygens (including phenoxy) is 1. The van der Waals surface area contributed by atoms with Gasteiger partial charge >= 0.3 is 0 Å². The Hall–Kier alpha value is -1.01. The number of hydrogen-bond donors (Lipinski definition) is 1. The van der Waals surface area contributed by atoms with Gasteiger partial charge in [-0.1, -0.05) is 26.7 Å². The first-order valence-electron chi connectivity index (χ1n) is 7.97. The second-order valence-electron chi connectivity index (χ2n) is 6.41. The molecule has 112 valence electrons. The molecule has 2 aliphatic rings. The average molecular weight is 280 g/mol. The summed E-state index contributed by atoms with van der Waals surface area (Å²) >= 11 is 0. The van der Waals surface area contributed by atoms with E-state index in [4.69, 9.17) is 4.74 Å². The van der Waals surface area contributed by atoms with Crippen LogP contribution in [-0.2, 0) is 4.74 Å². The average Bonchev–Trinajstić information content (AvgIpc) is 3.09. The van der Waals surface area contributed by atoms with Crippen LogP contribution in [0.1, 0.15) is 57.4 Å². The summed E-state index contributed by atoms with van der Waals surface area (Å²) in [6, 6.07) is 0.899. The highest BCUT2D eigenvalue weighted by molar-refractivity contribution is 4.93.